The molecule has 4 aromatic rings. The van der Waals surface area contributed by atoms with Gasteiger partial charge < -0.3 is 9.47 Å². The third-order valence-electron chi connectivity index (χ3n) is 6.47. The smallest absolute Gasteiger partial charge is 0.339 e. The highest BCUT2D eigenvalue weighted by atomic mass is 32.1. The van der Waals surface area contributed by atoms with Gasteiger partial charge in [0.15, 0.2) is 6.61 Å². The molecular weight excluding hydrogens is 514 g/mol. The Labute approximate surface area is 229 Å². The van der Waals surface area contributed by atoms with E-state index in [-0.39, 0.29) is 5.92 Å². The molecule has 1 aliphatic rings. The SMILES string of the molecule is COc1ccc(/C=C2/C[C@@H](C)Cc3c2nc2ccccc2c3C(=O)OCC(=O)NNC(=O)c2cccs2)cc1. The fourth-order valence-electron chi connectivity index (χ4n) is 4.71. The van der Waals surface area contributed by atoms with Crippen LogP contribution in [0, 0.1) is 5.92 Å². The molecule has 9 heteroatoms. The van der Waals surface area contributed by atoms with Gasteiger partial charge in [0.25, 0.3) is 11.8 Å². The number of aromatic nitrogens is 1. The number of fused-ring (bicyclic) bond motifs is 2. The summed E-state index contributed by atoms with van der Waals surface area (Å²) >= 11 is 1.25. The first kappa shape index (κ1) is 26.1. The third-order valence-corrected chi connectivity index (χ3v) is 7.34. The zero-order valence-corrected chi connectivity index (χ0v) is 22.3. The number of carbonyl (C=O) groups is 3. The second kappa shape index (κ2) is 11.5. The van der Waals surface area contributed by atoms with Crippen LogP contribution in [0.4, 0.5) is 0 Å². The minimum Gasteiger partial charge on any atom is -0.497 e. The van der Waals surface area contributed by atoms with Gasteiger partial charge >= 0.3 is 5.97 Å². The molecule has 1 atom stereocenters. The molecule has 0 saturated heterocycles. The van der Waals surface area contributed by atoms with Crippen LogP contribution in [0.15, 0.2) is 66.0 Å². The number of esters is 1. The average Bonchev–Trinajstić information content (AvgIpc) is 3.49. The number of nitrogens with zero attached hydrogens (tertiary/aromatic N) is 1. The van der Waals surface area contributed by atoms with Crippen molar-refractivity contribution in [1.82, 2.24) is 15.8 Å². The number of ether oxygens (including phenoxy) is 2. The molecule has 2 N–H and O–H groups in total. The number of amides is 2. The minimum absolute atomic E-state index is 0.271. The first-order chi connectivity index (χ1) is 18.9. The van der Waals surface area contributed by atoms with Crippen LogP contribution >= 0.6 is 11.3 Å². The van der Waals surface area contributed by atoms with E-state index in [0.717, 1.165) is 34.6 Å². The summed E-state index contributed by atoms with van der Waals surface area (Å²) in [7, 11) is 1.63. The number of pyridine rings is 1. The van der Waals surface area contributed by atoms with Crippen molar-refractivity contribution >= 4 is 51.7 Å². The Morgan fingerprint density at radius 3 is 2.56 bits per heavy atom. The van der Waals surface area contributed by atoms with E-state index in [1.165, 1.54) is 11.3 Å². The summed E-state index contributed by atoms with van der Waals surface area (Å²) in [5.74, 6) is -0.647. The molecule has 39 heavy (non-hydrogen) atoms. The number of hydrogen-bond acceptors (Lipinski definition) is 7. The molecule has 0 saturated carbocycles. The van der Waals surface area contributed by atoms with Crippen LogP contribution in [0.2, 0.25) is 0 Å². The molecule has 0 bridgehead atoms. The van der Waals surface area contributed by atoms with E-state index in [1.54, 1.807) is 24.6 Å². The summed E-state index contributed by atoms with van der Waals surface area (Å²) in [5, 5.41) is 2.43. The van der Waals surface area contributed by atoms with E-state index in [2.05, 4.69) is 23.9 Å². The number of carbonyl (C=O) groups excluding carboxylic acids is 3. The highest BCUT2D eigenvalue weighted by Gasteiger charge is 2.29. The van der Waals surface area contributed by atoms with E-state index in [1.807, 2.05) is 48.5 Å². The molecule has 0 fully saturated rings. The Balaban J connectivity index is 1.41. The maximum absolute atomic E-state index is 13.5. The van der Waals surface area contributed by atoms with Crippen LogP contribution in [0.25, 0.3) is 22.6 Å². The van der Waals surface area contributed by atoms with Gasteiger partial charge in [-0.05, 0) is 71.2 Å². The molecule has 5 rings (SSSR count). The molecule has 2 aromatic heterocycles. The topological polar surface area (TPSA) is 107 Å². The first-order valence-corrected chi connectivity index (χ1v) is 13.4. The predicted molar refractivity (Wildman–Crippen MR) is 150 cm³/mol. The number of hydrazine groups is 1. The molecular formula is C30H27N3O5S. The van der Waals surface area contributed by atoms with E-state index < -0.39 is 24.4 Å². The normalized spacial score (nSPS) is 15.4. The van der Waals surface area contributed by atoms with E-state index >= 15 is 0 Å². The number of methoxy groups -OCH3 is 1. The Hall–Kier alpha value is -4.50. The Bertz CT molecular complexity index is 1560. The van der Waals surface area contributed by atoms with Crippen LogP contribution in [0.5, 0.6) is 5.75 Å². The highest BCUT2D eigenvalue weighted by Crippen LogP contribution is 2.38. The molecule has 8 nitrogen and oxygen atoms in total. The molecule has 2 heterocycles. The summed E-state index contributed by atoms with van der Waals surface area (Å²) in [6, 6.07) is 18.6. The molecule has 2 aromatic carbocycles. The maximum Gasteiger partial charge on any atom is 0.339 e. The average molecular weight is 542 g/mol. The van der Waals surface area contributed by atoms with Gasteiger partial charge in [0.05, 0.1) is 28.8 Å². The molecule has 0 unspecified atom stereocenters. The zero-order valence-electron chi connectivity index (χ0n) is 21.5. The van der Waals surface area contributed by atoms with Crippen LogP contribution in [-0.4, -0.2) is 36.5 Å². The van der Waals surface area contributed by atoms with Crippen LogP contribution in [-0.2, 0) is 16.0 Å². The van der Waals surface area contributed by atoms with Crippen molar-refractivity contribution in [3.63, 3.8) is 0 Å². The van der Waals surface area contributed by atoms with Gasteiger partial charge in [0, 0.05) is 5.39 Å². The fraction of sp³-hybridized carbons (Fsp3) is 0.200. The van der Waals surface area contributed by atoms with Gasteiger partial charge in [-0.2, -0.15) is 0 Å². The molecule has 2 amide bonds. The Morgan fingerprint density at radius 2 is 1.82 bits per heavy atom. The number of hydrogen-bond donors (Lipinski definition) is 2. The lowest BCUT2D eigenvalue weighted by atomic mass is 9.80. The van der Waals surface area contributed by atoms with E-state index in [9.17, 15) is 14.4 Å². The fourth-order valence-corrected chi connectivity index (χ4v) is 5.32. The van der Waals surface area contributed by atoms with Crippen LogP contribution < -0.4 is 15.6 Å². The second-order valence-electron chi connectivity index (χ2n) is 9.34. The predicted octanol–water partition coefficient (Wildman–Crippen LogP) is 5.05. The highest BCUT2D eigenvalue weighted by molar-refractivity contribution is 7.12. The third kappa shape index (κ3) is 5.83. The molecule has 0 spiro atoms. The number of benzene rings is 2. The van der Waals surface area contributed by atoms with Gasteiger partial charge in [-0.25, -0.2) is 9.78 Å². The zero-order chi connectivity index (χ0) is 27.4. The van der Waals surface area contributed by atoms with Crippen LogP contribution in [0.3, 0.4) is 0 Å². The number of thiophene rings is 1. The number of rotatable bonds is 6. The Morgan fingerprint density at radius 1 is 1.03 bits per heavy atom. The monoisotopic (exact) mass is 541 g/mol. The molecule has 0 radical (unpaired) electrons. The largest absolute Gasteiger partial charge is 0.497 e. The van der Waals surface area contributed by atoms with E-state index in [0.29, 0.717) is 27.8 Å². The standard InChI is InChI=1S/C30H27N3O5S/c1-18-14-20(16-19-9-11-21(37-2)12-10-19)28-23(15-18)27(22-6-3-4-7-24(22)31-28)30(36)38-17-26(34)32-33-29(35)25-8-5-13-39-25/h3-13,16,18H,14-15,17H2,1-2H3,(H,32,34)(H,33,35)/b20-16-/t18-/m1/s1. The first-order valence-electron chi connectivity index (χ1n) is 12.5. The van der Waals surface area contributed by atoms with Crippen LogP contribution in [0.1, 0.15) is 50.2 Å². The Kier molecular flexibility index (Phi) is 7.69. The maximum atomic E-state index is 13.5. The quantitative estimate of drug-likeness (QED) is 0.262. The molecule has 0 aliphatic heterocycles. The van der Waals surface area contributed by atoms with Crippen molar-refractivity contribution in [2.45, 2.75) is 19.8 Å². The second-order valence-corrected chi connectivity index (χ2v) is 10.3. The van der Waals surface area contributed by atoms with Gasteiger partial charge in [0.1, 0.15) is 5.75 Å². The van der Waals surface area contributed by atoms with Crippen molar-refractivity contribution in [2.75, 3.05) is 13.7 Å². The lowest BCUT2D eigenvalue weighted by molar-refractivity contribution is -0.125. The molecule has 1 aliphatic carbocycles. The van der Waals surface area contributed by atoms with Gasteiger partial charge in [-0.3, -0.25) is 20.4 Å². The summed E-state index contributed by atoms with van der Waals surface area (Å²) in [6.45, 7) is 1.60. The van der Waals surface area contributed by atoms with Gasteiger partial charge in [-0.1, -0.05) is 43.3 Å². The summed E-state index contributed by atoms with van der Waals surface area (Å²) in [6.07, 6.45) is 3.56. The van der Waals surface area contributed by atoms with Gasteiger partial charge in [0.2, 0.25) is 0 Å². The molecule has 198 valence electrons. The van der Waals surface area contributed by atoms with Crippen molar-refractivity contribution in [2.24, 2.45) is 5.92 Å². The number of nitrogens with one attached hydrogen (secondary N) is 2. The van der Waals surface area contributed by atoms with Gasteiger partial charge in [-0.15, -0.1) is 11.3 Å². The lowest BCUT2D eigenvalue weighted by Gasteiger charge is -2.26. The summed E-state index contributed by atoms with van der Waals surface area (Å²) < 4.78 is 10.7. The van der Waals surface area contributed by atoms with Crippen molar-refractivity contribution in [3.05, 3.63) is 93.3 Å². The summed E-state index contributed by atoms with van der Waals surface area (Å²) in [5.41, 5.74) is 9.31. The van der Waals surface area contributed by atoms with E-state index in [4.69, 9.17) is 14.5 Å². The summed E-state index contributed by atoms with van der Waals surface area (Å²) in [4.78, 5) is 43.2. The number of para-hydroxylation sites is 1. The minimum atomic E-state index is -0.644. The lowest BCUT2D eigenvalue weighted by Crippen LogP contribution is -2.43. The van der Waals surface area contributed by atoms with Crippen molar-refractivity contribution in [3.8, 4) is 5.75 Å². The number of allylic oxidation sites excluding steroid dienone is 1. The van der Waals surface area contributed by atoms with Crippen molar-refractivity contribution in [1.29, 1.82) is 0 Å². The van der Waals surface area contributed by atoms with Crippen molar-refractivity contribution < 1.29 is 23.9 Å².